The number of rotatable bonds is 3. The van der Waals surface area contributed by atoms with Gasteiger partial charge in [0.1, 0.15) is 12.0 Å². The molecule has 0 aliphatic carbocycles. The number of nitrogens with zero attached hydrogens (tertiary/aromatic N) is 1. The second-order valence-corrected chi connectivity index (χ2v) is 3.96. The van der Waals surface area contributed by atoms with Crippen LogP contribution in [0, 0.1) is 13.8 Å². The Kier molecular flexibility index (Phi) is 3.06. The minimum absolute atomic E-state index is 0.562. The van der Waals surface area contributed by atoms with Crippen molar-refractivity contribution in [2.24, 2.45) is 5.73 Å². The molecule has 1 heterocycles. The van der Waals surface area contributed by atoms with Gasteiger partial charge in [0.25, 0.3) is 0 Å². The predicted octanol–water partition coefficient (Wildman–Crippen LogP) is 2.46. The van der Waals surface area contributed by atoms with E-state index in [1.54, 1.807) is 6.26 Å². The summed E-state index contributed by atoms with van der Waals surface area (Å²) in [6.07, 6.45) is 2.37. The first-order valence-electron chi connectivity index (χ1n) is 5.43. The van der Waals surface area contributed by atoms with Gasteiger partial charge in [-0.05, 0) is 31.0 Å². The van der Waals surface area contributed by atoms with Crippen molar-refractivity contribution >= 4 is 0 Å². The summed E-state index contributed by atoms with van der Waals surface area (Å²) in [5.74, 6) is 0.704. The van der Waals surface area contributed by atoms with Crippen LogP contribution in [0.4, 0.5) is 0 Å². The molecule has 0 fully saturated rings. The molecule has 16 heavy (non-hydrogen) atoms. The van der Waals surface area contributed by atoms with Gasteiger partial charge >= 0.3 is 0 Å². The van der Waals surface area contributed by atoms with Gasteiger partial charge in [0.2, 0.25) is 0 Å². The average Bonchev–Trinajstić information content (AvgIpc) is 2.71. The highest BCUT2D eigenvalue weighted by molar-refractivity contribution is 5.59. The lowest BCUT2D eigenvalue weighted by Crippen LogP contribution is -2.02. The standard InChI is InChI=1S/C13H16N2O/c1-9-3-4-11(7-10(9)2)12-8-16-13(15-12)5-6-14/h3-4,7-8H,5-6,14H2,1-2H3. The first-order valence-corrected chi connectivity index (χ1v) is 5.43. The molecule has 0 aliphatic rings. The van der Waals surface area contributed by atoms with Crippen LogP contribution in [0.3, 0.4) is 0 Å². The lowest BCUT2D eigenvalue weighted by molar-refractivity contribution is 0.496. The molecular weight excluding hydrogens is 200 g/mol. The van der Waals surface area contributed by atoms with Crippen molar-refractivity contribution in [1.82, 2.24) is 4.98 Å². The number of oxazole rings is 1. The van der Waals surface area contributed by atoms with Crippen LogP contribution in [-0.2, 0) is 6.42 Å². The van der Waals surface area contributed by atoms with Crippen LogP contribution in [0.5, 0.6) is 0 Å². The lowest BCUT2D eigenvalue weighted by Gasteiger charge is -2.01. The van der Waals surface area contributed by atoms with Crippen molar-refractivity contribution in [2.45, 2.75) is 20.3 Å². The molecule has 3 nitrogen and oxygen atoms in total. The van der Waals surface area contributed by atoms with Gasteiger partial charge in [0.05, 0.1) is 0 Å². The highest BCUT2D eigenvalue weighted by Gasteiger charge is 2.06. The summed E-state index contributed by atoms with van der Waals surface area (Å²) >= 11 is 0. The predicted molar refractivity (Wildman–Crippen MR) is 64.2 cm³/mol. The smallest absolute Gasteiger partial charge is 0.195 e. The molecule has 0 radical (unpaired) electrons. The molecule has 0 amide bonds. The third-order valence-electron chi connectivity index (χ3n) is 2.71. The van der Waals surface area contributed by atoms with Gasteiger partial charge in [0, 0.05) is 18.5 Å². The van der Waals surface area contributed by atoms with Gasteiger partial charge in [-0.1, -0.05) is 12.1 Å². The molecule has 0 saturated carbocycles. The quantitative estimate of drug-likeness (QED) is 0.857. The second kappa shape index (κ2) is 4.49. The fourth-order valence-electron chi connectivity index (χ4n) is 1.58. The lowest BCUT2D eigenvalue weighted by atomic mass is 10.1. The van der Waals surface area contributed by atoms with Gasteiger partial charge in [-0.25, -0.2) is 4.98 Å². The molecule has 0 aliphatic heterocycles. The number of benzene rings is 1. The van der Waals surface area contributed by atoms with E-state index >= 15 is 0 Å². The van der Waals surface area contributed by atoms with Crippen LogP contribution in [-0.4, -0.2) is 11.5 Å². The second-order valence-electron chi connectivity index (χ2n) is 3.96. The van der Waals surface area contributed by atoms with Crippen molar-refractivity contribution in [3.05, 3.63) is 41.5 Å². The number of aryl methyl sites for hydroxylation is 2. The Labute approximate surface area is 95.3 Å². The topological polar surface area (TPSA) is 52.0 Å². The zero-order chi connectivity index (χ0) is 11.5. The Hall–Kier alpha value is -1.61. The molecule has 0 bridgehead atoms. The first kappa shape index (κ1) is 10.9. The summed E-state index contributed by atoms with van der Waals surface area (Å²) in [5.41, 5.74) is 9.98. The van der Waals surface area contributed by atoms with E-state index in [2.05, 4.69) is 37.0 Å². The fourth-order valence-corrected chi connectivity index (χ4v) is 1.58. The summed E-state index contributed by atoms with van der Waals surface area (Å²) in [6, 6.07) is 6.29. The Morgan fingerprint density at radius 2 is 2.06 bits per heavy atom. The molecule has 2 rings (SSSR count). The third-order valence-corrected chi connectivity index (χ3v) is 2.71. The molecule has 1 aromatic carbocycles. The number of hydrogen-bond acceptors (Lipinski definition) is 3. The van der Waals surface area contributed by atoms with Crippen LogP contribution in [0.25, 0.3) is 11.3 Å². The average molecular weight is 216 g/mol. The van der Waals surface area contributed by atoms with E-state index in [1.165, 1.54) is 11.1 Å². The third kappa shape index (κ3) is 2.14. The van der Waals surface area contributed by atoms with Gasteiger partial charge in [-0.2, -0.15) is 0 Å². The molecule has 2 aromatic rings. The van der Waals surface area contributed by atoms with Crippen LogP contribution in [0.2, 0.25) is 0 Å². The van der Waals surface area contributed by atoms with Crippen LogP contribution in [0.15, 0.2) is 28.9 Å². The maximum atomic E-state index is 5.45. The maximum absolute atomic E-state index is 5.45. The summed E-state index contributed by atoms with van der Waals surface area (Å²) in [7, 11) is 0. The van der Waals surface area contributed by atoms with E-state index in [-0.39, 0.29) is 0 Å². The van der Waals surface area contributed by atoms with Gasteiger partial charge in [-0.15, -0.1) is 0 Å². The van der Waals surface area contributed by atoms with E-state index in [4.69, 9.17) is 10.2 Å². The number of hydrogen-bond donors (Lipinski definition) is 1. The minimum atomic E-state index is 0.562. The van der Waals surface area contributed by atoms with Gasteiger partial charge in [0.15, 0.2) is 5.89 Å². The van der Waals surface area contributed by atoms with Crippen LogP contribution >= 0.6 is 0 Å². The van der Waals surface area contributed by atoms with Crippen molar-refractivity contribution in [1.29, 1.82) is 0 Å². The molecule has 1 aromatic heterocycles. The summed E-state index contributed by atoms with van der Waals surface area (Å²) in [6.45, 7) is 4.76. The molecule has 0 spiro atoms. The van der Waals surface area contributed by atoms with E-state index in [0.29, 0.717) is 18.9 Å². The van der Waals surface area contributed by atoms with Crippen LogP contribution in [0.1, 0.15) is 17.0 Å². The molecule has 2 N–H and O–H groups in total. The largest absolute Gasteiger partial charge is 0.448 e. The van der Waals surface area contributed by atoms with E-state index in [1.807, 2.05) is 0 Å². The van der Waals surface area contributed by atoms with Crippen molar-refractivity contribution in [2.75, 3.05) is 6.54 Å². The number of nitrogens with two attached hydrogens (primary N) is 1. The Balaban J connectivity index is 2.31. The molecule has 0 unspecified atom stereocenters. The Morgan fingerprint density at radius 1 is 1.25 bits per heavy atom. The van der Waals surface area contributed by atoms with E-state index in [9.17, 15) is 0 Å². The minimum Gasteiger partial charge on any atom is -0.448 e. The summed E-state index contributed by atoms with van der Waals surface area (Å²) < 4.78 is 5.34. The first-order chi connectivity index (χ1) is 7.70. The van der Waals surface area contributed by atoms with Crippen molar-refractivity contribution < 1.29 is 4.42 Å². The molecular formula is C13H16N2O. The zero-order valence-electron chi connectivity index (χ0n) is 9.66. The highest BCUT2D eigenvalue weighted by atomic mass is 16.3. The molecule has 0 atom stereocenters. The molecule has 84 valence electrons. The SMILES string of the molecule is Cc1ccc(-c2coc(CCN)n2)cc1C. The summed E-state index contributed by atoms with van der Waals surface area (Å²) in [5, 5.41) is 0. The monoisotopic (exact) mass is 216 g/mol. The van der Waals surface area contributed by atoms with Crippen LogP contribution < -0.4 is 5.73 Å². The van der Waals surface area contributed by atoms with Gasteiger partial charge in [-0.3, -0.25) is 0 Å². The zero-order valence-corrected chi connectivity index (χ0v) is 9.66. The fraction of sp³-hybridized carbons (Fsp3) is 0.308. The van der Waals surface area contributed by atoms with Gasteiger partial charge < -0.3 is 10.2 Å². The normalized spacial score (nSPS) is 10.7. The van der Waals surface area contributed by atoms with E-state index in [0.717, 1.165) is 11.3 Å². The van der Waals surface area contributed by atoms with E-state index < -0.39 is 0 Å². The summed E-state index contributed by atoms with van der Waals surface area (Å²) in [4.78, 5) is 4.39. The Morgan fingerprint density at radius 3 is 2.75 bits per heavy atom. The molecule has 0 saturated heterocycles. The maximum Gasteiger partial charge on any atom is 0.195 e. The van der Waals surface area contributed by atoms with Crippen molar-refractivity contribution in [3.63, 3.8) is 0 Å². The Bertz CT molecular complexity index is 488. The highest BCUT2D eigenvalue weighted by Crippen LogP contribution is 2.21. The molecule has 3 heteroatoms. The number of aromatic nitrogens is 1. The van der Waals surface area contributed by atoms with Crippen molar-refractivity contribution in [3.8, 4) is 11.3 Å².